The molecule has 3 rings (SSSR count). The fourth-order valence-corrected chi connectivity index (χ4v) is 3.44. The summed E-state index contributed by atoms with van der Waals surface area (Å²) in [4.78, 5) is 14.8. The first kappa shape index (κ1) is 20.0. The minimum Gasteiger partial charge on any atom is -0.493 e. The van der Waals surface area contributed by atoms with Crippen molar-refractivity contribution in [2.75, 3.05) is 27.3 Å². The Kier molecular flexibility index (Phi) is 6.71. The van der Waals surface area contributed by atoms with Crippen molar-refractivity contribution in [1.82, 2.24) is 10.2 Å². The predicted octanol–water partition coefficient (Wildman–Crippen LogP) is 3.50. The zero-order valence-corrected chi connectivity index (χ0v) is 16.8. The molecule has 0 radical (unpaired) electrons. The molecule has 1 N–H and O–H groups in total. The SMILES string of the molecule is COc1ccc(CNC(=O)[C@@H](C)N2CC=C(c3ccccc3)CC2)cc1OC. The van der Waals surface area contributed by atoms with E-state index in [9.17, 15) is 4.79 Å². The van der Waals surface area contributed by atoms with Gasteiger partial charge in [-0.3, -0.25) is 9.69 Å². The second-order valence-corrected chi connectivity index (χ2v) is 6.92. The van der Waals surface area contributed by atoms with Gasteiger partial charge in [-0.25, -0.2) is 0 Å². The minimum absolute atomic E-state index is 0.0337. The summed E-state index contributed by atoms with van der Waals surface area (Å²) in [6, 6.07) is 15.9. The van der Waals surface area contributed by atoms with Crippen LogP contribution >= 0.6 is 0 Å². The van der Waals surface area contributed by atoms with Gasteiger partial charge < -0.3 is 14.8 Å². The van der Waals surface area contributed by atoms with Crippen molar-refractivity contribution in [2.24, 2.45) is 0 Å². The summed E-state index contributed by atoms with van der Waals surface area (Å²) in [5.41, 5.74) is 3.60. The highest BCUT2D eigenvalue weighted by Gasteiger charge is 2.23. The molecule has 2 aromatic rings. The number of methoxy groups -OCH3 is 2. The third-order valence-corrected chi connectivity index (χ3v) is 5.23. The summed E-state index contributed by atoms with van der Waals surface area (Å²) < 4.78 is 10.6. The Morgan fingerprint density at radius 2 is 1.86 bits per heavy atom. The third kappa shape index (κ3) is 4.73. The molecule has 1 atom stereocenters. The van der Waals surface area contributed by atoms with Crippen LogP contribution in [0.1, 0.15) is 24.5 Å². The van der Waals surface area contributed by atoms with E-state index in [0.717, 1.165) is 25.1 Å². The number of nitrogens with zero attached hydrogens (tertiary/aromatic N) is 1. The minimum atomic E-state index is -0.172. The van der Waals surface area contributed by atoms with Gasteiger partial charge in [-0.1, -0.05) is 42.5 Å². The molecule has 1 heterocycles. The van der Waals surface area contributed by atoms with Crippen LogP contribution in [-0.2, 0) is 11.3 Å². The number of carbonyl (C=O) groups is 1. The van der Waals surface area contributed by atoms with Gasteiger partial charge in [0.1, 0.15) is 0 Å². The average molecular weight is 380 g/mol. The van der Waals surface area contributed by atoms with Gasteiger partial charge in [0.25, 0.3) is 0 Å². The normalized spacial score (nSPS) is 15.5. The molecule has 1 aliphatic rings. The molecule has 1 aliphatic heterocycles. The summed E-state index contributed by atoms with van der Waals surface area (Å²) in [5, 5.41) is 3.03. The quantitative estimate of drug-likeness (QED) is 0.799. The summed E-state index contributed by atoms with van der Waals surface area (Å²) >= 11 is 0. The van der Waals surface area contributed by atoms with E-state index >= 15 is 0 Å². The van der Waals surface area contributed by atoms with Gasteiger partial charge in [0, 0.05) is 19.6 Å². The van der Waals surface area contributed by atoms with Crippen molar-refractivity contribution in [2.45, 2.75) is 25.9 Å². The molecule has 0 saturated heterocycles. The van der Waals surface area contributed by atoms with E-state index in [2.05, 4.69) is 40.6 Å². The predicted molar refractivity (Wildman–Crippen MR) is 111 cm³/mol. The molecule has 0 bridgehead atoms. The second kappa shape index (κ2) is 9.42. The molecule has 148 valence electrons. The molecule has 28 heavy (non-hydrogen) atoms. The maximum atomic E-state index is 12.6. The van der Waals surface area contributed by atoms with Crippen LogP contribution in [0, 0.1) is 0 Å². The van der Waals surface area contributed by atoms with Gasteiger partial charge in [-0.15, -0.1) is 0 Å². The number of ether oxygens (including phenoxy) is 2. The first-order valence-corrected chi connectivity index (χ1v) is 9.59. The fraction of sp³-hybridized carbons (Fsp3) is 0.348. The first-order valence-electron chi connectivity index (χ1n) is 9.59. The van der Waals surface area contributed by atoms with Crippen LogP contribution in [0.3, 0.4) is 0 Å². The number of rotatable bonds is 7. The molecule has 0 unspecified atom stereocenters. The van der Waals surface area contributed by atoms with Gasteiger partial charge in [0.05, 0.1) is 20.3 Å². The Hall–Kier alpha value is -2.79. The zero-order chi connectivity index (χ0) is 19.9. The number of carbonyl (C=O) groups excluding carboxylic acids is 1. The van der Waals surface area contributed by atoms with E-state index in [1.807, 2.05) is 31.2 Å². The molecule has 0 aromatic heterocycles. The van der Waals surface area contributed by atoms with Crippen LogP contribution in [0.4, 0.5) is 0 Å². The van der Waals surface area contributed by atoms with Gasteiger partial charge in [-0.05, 0) is 42.2 Å². The molecule has 1 amide bonds. The van der Waals surface area contributed by atoms with E-state index in [1.165, 1.54) is 11.1 Å². The Labute approximate surface area is 167 Å². The van der Waals surface area contributed by atoms with Crippen LogP contribution in [0.2, 0.25) is 0 Å². The van der Waals surface area contributed by atoms with Crippen LogP contribution in [0.25, 0.3) is 5.57 Å². The maximum Gasteiger partial charge on any atom is 0.237 e. The van der Waals surface area contributed by atoms with Gasteiger partial charge >= 0.3 is 0 Å². The van der Waals surface area contributed by atoms with Gasteiger partial charge in [0.15, 0.2) is 11.5 Å². The molecule has 5 nitrogen and oxygen atoms in total. The van der Waals surface area contributed by atoms with Crippen molar-refractivity contribution < 1.29 is 14.3 Å². The lowest BCUT2D eigenvalue weighted by Gasteiger charge is -2.31. The lowest BCUT2D eigenvalue weighted by atomic mass is 9.99. The smallest absolute Gasteiger partial charge is 0.237 e. The topological polar surface area (TPSA) is 50.8 Å². The van der Waals surface area contributed by atoms with Gasteiger partial charge in [-0.2, -0.15) is 0 Å². The van der Waals surface area contributed by atoms with Crippen LogP contribution in [0.15, 0.2) is 54.6 Å². The van der Waals surface area contributed by atoms with Crippen LogP contribution in [-0.4, -0.2) is 44.2 Å². The third-order valence-electron chi connectivity index (χ3n) is 5.23. The van der Waals surface area contributed by atoms with Crippen molar-refractivity contribution in [3.8, 4) is 11.5 Å². The maximum absolute atomic E-state index is 12.6. The van der Waals surface area contributed by atoms with Crippen molar-refractivity contribution in [1.29, 1.82) is 0 Å². The van der Waals surface area contributed by atoms with Crippen molar-refractivity contribution in [3.63, 3.8) is 0 Å². The lowest BCUT2D eigenvalue weighted by molar-refractivity contribution is -0.125. The van der Waals surface area contributed by atoms with Gasteiger partial charge in [0.2, 0.25) is 5.91 Å². The number of hydrogen-bond acceptors (Lipinski definition) is 4. The van der Waals surface area contributed by atoms with Crippen molar-refractivity contribution in [3.05, 3.63) is 65.7 Å². The highest BCUT2D eigenvalue weighted by molar-refractivity contribution is 5.81. The molecule has 0 fully saturated rings. The standard InChI is InChI=1S/C23H28N2O3/c1-17(25-13-11-20(12-14-25)19-7-5-4-6-8-19)23(26)24-16-18-9-10-21(27-2)22(15-18)28-3/h4-11,15,17H,12-14,16H2,1-3H3,(H,24,26)/t17-/m1/s1. The number of benzene rings is 2. The van der Waals surface area contributed by atoms with E-state index in [-0.39, 0.29) is 11.9 Å². The summed E-state index contributed by atoms with van der Waals surface area (Å²) in [6.45, 7) is 4.09. The Bertz CT molecular complexity index is 833. The molecular formula is C23H28N2O3. The van der Waals surface area contributed by atoms with E-state index in [0.29, 0.717) is 18.0 Å². The highest BCUT2D eigenvalue weighted by Crippen LogP contribution is 2.27. The van der Waals surface area contributed by atoms with E-state index < -0.39 is 0 Å². The zero-order valence-electron chi connectivity index (χ0n) is 16.8. The largest absolute Gasteiger partial charge is 0.493 e. The summed E-state index contributed by atoms with van der Waals surface area (Å²) in [6.07, 6.45) is 3.19. The van der Waals surface area contributed by atoms with Crippen LogP contribution < -0.4 is 14.8 Å². The Balaban J connectivity index is 1.55. The summed E-state index contributed by atoms with van der Waals surface area (Å²) in [7, 11) is 3.22. The fourth-order valence-electron chi connectivity index (χ4n) is 3.44. The molecule has 0 aliphatic carbocycles. The Morgan fingerprint density at radius 1 is 1.11 bits per heavy atom. The molecule has 0 saturated carbocycles. The Morgan fingerprint density at radius 3 is 2.50 bits per heavy atom. The molecular weight excluding hydrogens is 352 g/mol. The average Bonchev–Trinajstić information content (AvgIpc) is 2.77. The number of amides is 1. The monoisotopic (exact) mass is 380 g/mol. The molecule has 0 spiro atoms. The molecule has 2 aromatic carbocycles. The molecule has 5 heteroatoms. The number of nitrogens with one attached hydrogen (secondary N) is 1. The first-order chi connectivity index (χ1) is 13.6. The highest BCUT2D eigenvalue weighted by atomic mass is 16.5. The van der Waals surface area contributed by atoms with E-state index in [4.69, 9.17) is 9.47 Å². The van der Waals surface area contributed by atoms with Crippen LogP contribution in [0.5, 0.6) is 11.5 Å². The lowest BCUT2D eigenvalue weighted by Crippen LogP contribution is -2.46. The van der Waals surface area contributed by atoms with E-state index in [1.54, 1.807) is 14.2 Å². The summed E-state index contributed by atoms with van der Waals surface area (Å²) in [5.74, 6) is 1.38. The number of hydrogen-bond donors (Lipinski definition) is 1. The van der Waals surface area contributed by atoms with Crippen molar-refractivity contribution >= 4 is 11.5 Å². The second-order valence-electron chi connectivity index (χ2n) is 6.92.